The highest BCUT2D eigenvalue weighted by Gasteiger charge is 2.19. The summed E-state index contributed by atoms with van der Waals surface area (Å²) in [7, 11) is 5.44. The molecule has 0 radical (unpaired) electrons. The molecule has 2 aromatic rings. The zero-order chi connectivity index (χ0) is 21.4. The van der Waals surface area contributed by atoms with Crippen molar-refractivity contribution in [1.82, 2.24) is 19.9 Å². The second-order valence-electron chi connectivity index (χ2n) is 6.93. The lowest BCUT2D eigenvalue weighted by Gasteiger charge is -2.27. The highest BCUT2D eigenvalue weighted by molar-refractivity contribution is 5.95. The summed E-state index contributed by atoms with van der Waals surface area (Å²) in [5.74, 6) is 0.483. The van der Waals surface area contributed by atoms with Crippen LogP contribution in [-0.4, -0.2) is 59.1 Å². The summed E-state index contributed by atoms with van der Waals surface area (Å²) in [5.41, 5.74) is 1.22. The quantitative estimate of drug-likeness (QED) is 0.616. The summed E-state index contributed by atoms with van der Waals surface area (Å²) in [4.78, 5) is 26.7. The lowest BCUT2D eigenvalue weighted by molar-refractivity contribution is 0.0601. The van der Waals surface area contributed by atoms with Crippen LogP contribution in [0.25, 0.3) is 0 Å². The van der Waals surface area contributed by atoms with E-state index in [0.29, 0.717) is 28.9 Å². The van der Waals surface area contributed by atoms with Crippen molar-refractivity contribution in [2.75, 3.05) is 31.8 Å². The van der Waals surface area contributed by atoms with E-state index in [2.05, 4.69) is 44.3 Å². The molecule has 154 valence electrons. The smallest absolute Gasteiger partial charge is 0.341 e. The first-order valence-corrected chi connectivity index (χ1v) is 9.38. The van der Waals surface area contributed by atoms with Crippen molar-refractivity contribution >= 4 is 23.3 Å². The minimum atomic E-state index is -0.458. The van der Waals surface area contributed by atoms with E-state index < -0.39 is 5.97 Å². The maximum absolute atomic E-state index is 12.2. The molecule has 9 heteroatoms. The maximum atomic E-state index is 12.2. The normalized spacial score (nSPS) is 12.7. The van der Waals surface area contributed by atoms with Gasteiger partial charge in [-0.15, -0.1) is 0 Å². The first-order valence-electron chi connectivity index (χ1n) is 9.38. The number of pyridine rings is 1. The molecule has 2 N–H and O–H groups in total. The van der Waals surface area contributed by atoms with Gasteiger partial charge in [0.2, 0.25) is 0 Å². The number of anilines is 3. The number of nitriles is 1. The van der Waals surface area contributed by atoms with Crippen LogP contribution in [0.15, 0.2) is 24.7 Å². The molecule has 0 bridgehead atoms. The topological polar surface area (TPSA) is 116 Å². The van der Waals surface area contributed by atoms with Gasteiger partial charge in [-0.3, -0.25) is 0 Å². The molecule has 0 saturated carbocycles. The number of carbonyl (C=O) groups excluding carboxylic acids is 1. The Morgan fingerprint density at radius 1 is 1.24 bits per heavy atom. The standard InChI is InChI=1S/C20H27N7O2/c1-6-14(7-13(2)27(3)4)25-17-8-18(24-11-16(17)20(28)29-5)26-19-12-22-15(9-21)10-23-19/h8,10-14H,6-7H2,1-5H3,(H2,23,24,25,26)/t13-,14+/m1/s1. The second-order valence-corrected chi connectivity index (χ2v) is 6.93. The molecule has 0 amide bonds. The van der Waals surface area contributed by atoms with Crippen molar-refractivity contribution in [1.29, 1.82) is 5.26 Å². The molecule has 9 nitrogen and oxygen atoms in total. The van der Waals surface area contributed by atoms with Gasteiger partial charge in [0.1, 0.15) is 23.3 Å². The van der Waals surface area contributed by atoms with Crippen molar-refractivity contribution in [3.8, 4) is 6.07 Å². The third-order valence-electron chi connectivity index (χ3n) is 4.69. The number of ether oxygens (including phenoxy) is 1. The van der Waals surface area contributed by atoms with Crippen LogP contribution in [0.4, 0.5) is 17.3 Å². The Balaban J connectivity index is 2.27. The molecular formula is C20H27N7O2. The second kappa shape index (κ2) is 10.3. The van der Waals surface area contributed by atoms with Crippen LogP contribution in [0.5, 0.6) is 0 Å². The van der Waals surface area contributed by atoms with Gasteiger partial charge in [-0.05, 0) is 33.9 Å². The molecule has 2 atom stereocenters. The molecule has 0 spiro atoms. The van der Waals surface area contributed by atoms with Crippen molar-refractivity contribution in [3.05, 3.63) is 35.9 Å². The first-order chi connectivity index (χ1) is 13.9. The largest absolute Gasteiger partial charge is 0.465 e. The summed E-state index contributed by atoms with van der Waals surface area (Å²) in [6, 6.07) is 4.21. The number of rotatable bonds is 9. The molecule has 29 heavy (non-hydrogen) atoms. The summed E-state index contributed by atoms with van der Waals surface area (Å²) in [6.45, 7) is 4.26. The van der Waals surface area contributed by atoms with Gasteiger partial charge in [-0.25, -0.2) is 19.7 Å². The van der Waals surface area contributed by atoms with Crippen LogP contribution >= 0.6 is 0 Å². The summed E-state index contributed by atoms with van der Waals surface area (Å²) < 4.78 is 4.89. The highest BCUT2D eigenvalue weighted by atomic mass is 16.5. The van der Waals surface area contributed by atoms with Gasteiger partial charge in [0.25, 0.3) is 0 Å². The van der Waals surface area contributed by atoms with Crippen LogP contribution in [0.1, 0.15) is 42.7 Å². The third-order valence-corrected chi connectivity index (χ3v) is 4.69. The number of methoxy groups -OCH3 is 1. The number of hydrogen-bond acceptors (Lipinski definition) is 9. The fourth-order valence-corrected chi connectivity index (χ4v) is 2.67. The van der Waals surface area contributed by atoms with Crippen molar-refractivity contribution in [3.63, 3.8) is 0 Å². The fourth-order valence-electron chi connectivity index (χ4n) is 2.67. The predicted octanol–water partition coefficient (Wildman–Crippen LogP) is 2.80. The number of esters is 1. The Morgan fingerprint density at radius 2 is 1.97 bits per heavy atom. The molecule has 0 aliphatic rings. The highest BCUT2D eigenvalue weighted by Crippen LogP contribution is 2.24. The van der Waals surface area contributed by atoms with Crippen LogP contribution in [0, 0.1) is 11.3 Å². The molecule has 0 aliphatic carbocycles. The van der Waals surface area contributed by atoms with Gasteiger partial charge in [-0.1, -0.05) is 6.92 Å². The summed E-state index contributed by atoms with van der Waals surface area (Å²) in [5, 5.41) is 15.3. The zero-order valence-electron chi connectivity index (χ0n) is 17.4. The van der Waals surface area contributed by atoms with Gasteiger partial charge in [0.15, 0.2) is 5.69 Å². The van der Waals surface area contributed by atoms with Crippen LogP contribution in [-0.2, 0) is 4.74 Å². The molecule has 0 saturated heterocycles. The number of aromatic nitrogens is 3. The van der Waals surface area contributed by atoms with Crippen molar-refractivity contribution in [2.45, 2.75) is 38.8 Å². The van der Waals surface area contributed by atoms with E-state index in [1.54, 1.807) is 6.07 Å². The molecule has 2 heterocycles. The molecule has 0 unspecified atom stereocenters. The fraction of sp³-hybridized carbons (Fsp3) is 0.450. The zero-order valence-corrected chi connectivity index (χ0v) is 17.4. The number of nitrogens with zero attached hydrogens (tertiary/aromatic N) is 5. The Bertz CT molecular complexity index is 862. The maximum Gasteiger partial charge on any atom is 0.341 e. The van der Waals surface area contributed by atoms with Crippen LogP contribution in [0.2, 0.25) is 0 Å². The molecular weight excluding hydrogens is 370 g/mol. The Kier molecular flexibility index (Phi) is 7.86. The van der Waals surface area contributed by atoms with E-state index >= 15 is 0 Å². The van der Waals surface area contributed by atoms with E-state index in [1.807, 2.05) is 20.2 Å². The SMILES string of the molecule is CC[C@@H](C[C@@H](C)N(C)C)Nc1cc(Nc2cnc(C#N)cn2)ncc1C(=O)OC. The summed E-state index contributed by atoms with van der Waals surface area (Å²) >= 11 is 0. The van der Waals surface area contributed by atoms with Gasteiger partial charge in [-0.2, -0.15) is 5.26 Å². The average Bonchev–Trinajstić information content (AvgIpc) is 2.73. The lowest BCUT2D eigenvalue weighted by Crippen LogP contribution is -2.32. The minimum absolute atomic E-state index is 0.167. The number of carbonyl (C=O) groups is 1. The third kappa shape index (κ3) is 6.12. The molecule has 0 fully saturated rings. The van der Waals surface area contributed by atoms with Crippen molar-refractivity contribution < 1.29 is 9.53 Å². The van der Waals surface area contributed by atoms with E-state index in [0.717, 1.165) is 12.8 Å². The molecule has 0 aromatic carbocycles. The Labute approximate surface area is 171 Å². The average molecular weight is 397 g/mol. The van der Waals surface area contributed by atoms with Gasteiger partial charge in [0.05, 0.1) is 25.2 Å². The summed E-state index contributed by atoms with van der Waals surface area (Å²) in [6.07, 6.45) is 6.10. The Hall–Kier alpha value is -3.25. The molecule has 2 aromatic heterocycles. The predicted molar refractivity (Wildman–Crippen MR) is 111 cm³/mol. The minimum Gasteiger partial charge on any atom is -0.465 e. The van der Waals surface area contributed by atoms with Gasteiger partial charge < -0.3 is 20.3 Å². The van der Waals surface area contributed by atoms with Crippen LogP contribution in [0.3, 0.4) is 0 Å². The first kappa shape index (κ1) is 22.0. The van der Waals surface area contributed by atoms with Gasteiger partial charge >= 0.3 is 5.97 Å². The van der Waals surface area contributed by atoms with Crippen molar-refractivity contribution in [2.24, 2.45) is 0 Å². The van der Waals surface area contributed by atoms with E-state index in [-0.39, 0.29) is 11.7 Å². The lowest BCUT2D eigenvalue weighted by atomic mass is 10.0. The number of hydrogen-bond donors (Lipinski definition) is 2. The van der Waals surface area contributed by atoms with E-state index in [9.17, 15) is 4.79 Å². The van der Waals surface area contributed by atoms with Crippen LogP contribution < -0.4 is 10.6 Å². The van der Waals surface area contributed by atoms with E-state index in [1.165, 1.54) is 25.7 Å². The van der Waals surface area contributed by atoms with Gasteiger partial charge in [0, 0.05) is 24.3 Å². The monoisotopic (exact) mass is 397 g/mol. The Morgan fingerprint density at radius 3 is 2.52 bits per heavy atom. The molecule has 2 rings (SSSR count). The van der Waals surface area contributed by atoms with E-state index in [4.69, 9.17) is 10.00 Å². The molecule has 0 aliphatic heterocycles. The number of nitrogens with one attached hydrogen (secondary N) is 2.